The third-order valence-corrected chi connectivity index (χ3v) is 3.49. The number of nitriles is 1. The molecule has 1 rings (SSSR count). The predicted octanol–water partition coefficient (Wildman–Crippen LogP) is 2.73. The molecule has 0 spiro atoms. The van der Waals surface area contributed by atoms with Gasteiger partial charge in [-0.2, -0.15) is 18.4 Å². The van der Waals surface area contributed by atoms with Crippen LogP contribution in [0.25, 0.3) is 0 Å². The van der Waals surface area contributed by atoms with Gasteiger partial charge in [-0.15, -0.1) is 0 Å². The minimum atomic E-state index is -4.15. The highest BCUT2D eigenvalue weighted by molar-refractivity contribution is 5.79. The molecule has 0 atom stereocenters. The van der Waals surface area contributed by atoms with Crippen LogP contribution in [0.1, 0.15) is 32.6 Å². The molecule has 0 heterocycles. The highest BCUT2D eigenvalue weighted by Gasteiger charge is 2.42. The molecule has 0 N–H and O–H groups in total. The van der Waals surface area contributed by atoms with Gasteiger partial charge in [-0.25, -0.2) is 0 Å². The molecule has 1 saturated carbocycles. The van der Waals surface area contributed by atoms with Gasteiger partial charge in [-0.05, 0) is 32.6 Å². The van der Waals surface area contributed by atoms with Crippen molar-refractivity contribution in [1.29, 1.82) is 5.26 Å². The lowest BCUT2D eigenvalue weighted by Gasteiger charge is -2.31. The third kappa shape index (κ3) is 3.62. The standard InChI is InChI=1S/C12H17F3N2O/c1-2-17(8-7-16)11(18)9-3-5-10(6-4-9)12(13,14)15/h9-10H,2-6,8H2,1H3. The summed E-state index contributed by atoms with van der Waals surface area (Å²) in [5, 5.41) is 8.57. The third-order valence-electron chi connectivity index (χ3n) is 3.49. The molecule has 6 heteroatoms. The van der Waals surface area contributed by atoms with Crippen molar-refractivity contribution in [3.63, 3.8) is 0 Å². The number of alkyl halides is 3. The van der Waals surface area contributed by atoms with Gasteiger partial charge in [0, 0.05) is 12.5 Å². The van der Waals surface area contributed by atoms with Gasteiger partial charge in [-0.1, -0.05) is 0 Å². The molecule has 0 saturated heterocycles. The molecule has 0 unspecified atom stereocenters. The number of halogens is 3. The number of hydrogen-bond donors (Lipinski definition) is 0. The molecule has 0 aliphatic heterocycles. The van der Waals surface area contributed by atoms with Crippen molar-refractivity contribution >= 4 is 5.91 Å². The summed E-state index contributed by atoms with van der Waals surface area (Å²) in [6, 6.07) is 1.90. The molecule has 1 aliphatic carbocycles. The van der Waals surface area contributed by atoms with Crippen molar-refractivity contribution < 1.29 is 18.0 Å². The van der Waals surface area contributed by atoms with E-state index in [2.05, 4.69) is 0 Å². The summed E-state index contributed by atoms with van der Waals surface area (Å²) < 4.78 is 37.4. The first-order valence-electron chi connectivity index (χ1n) is 6.12. The van der Waals surface area contributed by atoms with Crippen LogP contribution in [0.4, 0.5) is 13.2 Å². The number of amides is 1. The van der Waals surface area contributed by atoms with E-state index >= 15 is 0 Å². The van der Waals surface area contributed by atoms with Crippen LogP contribution in [0.5, 0.6) is 0 Å². The van der Waals surface area contributed by atoms with E-state index in [1.807, 2.05) is 6.07 Å². The summed E-state index contributed by atoms with van der Waals surface area (Å²) in [6.45, 7) is 2.19. The quantitative estimate of drug-likeness (QED) is 0.734. The Labute approximate surface area is 105 Å². The minimum Gasteiger partial charge on any atom is -0.329 e. The number of hydrogen-bond acceptors (Lipinski definition) is 2. The van der Waals surface area contributed by atoms with E-state index in [-0.39, 0.29) is 44.1 Å². The molecule has 0 aromatic rings. The smallest absolute Gasteiger partial charge is 0.329 e. The molecule has 3 nitrogen and oxygen atoms in total. The Balaban J connectivity index is 2.52. The molecule has 1 fully saturated rings. The first-order chi connectivity index (χ1) is 8.40. The van der Waals surface area contributed by atoms with Crippen LogP contribution in [0.2, 0.25) is 0 Å². The molecule has 0 aromatic heterocycles. The summed E-state index contributed by atoms with van der Waals surface area (Å²) >= 11 is 0. The zero-order valence-corrected chi connectivity index (χ0v) is 10.3. The number of carbonyl (C=O) groups is 1. The lowest BCUT2D eigenvalue weighted by atomic mass is 9.81. The number of carbonyl (C=O) groups excluding carboxylic acids is 1. The lowest BCUT2D eigenvalue weighted by Crippen LogP contribution is -2.39. The highest BCUT2D eigenvalue weighted by Crippen LogP contribution is 2.39. The van der Waals surface area contributed by atoms with E-state index < -0.39 is 12.1 Å². The van der Waals surface area contributed by atoms with Gasteiger partial charge >= 0.3 is 6.18 Å². The summed E-state index contributed by atoms with van der Waals surface area (Å²) in [5.74, 6) is -1.80. The second kappa shape index (κ2) is 6.07. The largest absolute Gasteiger partial charge is 0.391 e. The Morgan fingerprint density at radius 2 is 1.89 bits per heavy atom. The minimum absolute atomic E-state index is 0.00847. The fraction of sp³-hybridized carbons (Fsp3) is 0.833. The van der Waals surface area contributed by atoms with Crippen LogP contribution < -0.4 is 0 Å². The summed E-state index contributed by atoms with van der Waals surface area (Å²) in [5.41, 5.74) is 0. The fourth-order valence-electron chi connectivity index (χ4n) is 2.36. The van der Waals surface area contributed by atoms with Crippen LogP contribution in [0.15, 0.2) is 0 Å². The first kappa shape index (κ1) is 14.8. The molecule has 1 aliphatic rings. The van der Waals surface area contributed by atoms with E-state index in [0.29, 0.717) is 6.54 Å². The normalized spacial score (nSPS) is 24.4. The maximum Gasteiger partial charge on any atom is 0.391 e. The number of rotatable bonds is 3. The molecule has 1 amide bonds. The van der Waals surface area contributed by atoms with Crippen LogP contribution in [0.3, 0.4) is 0 Å². The molecule has 0 bridgehead atoms. The van der Waals surface area contributed by atoms with Crippen molar-refractivity contribution in [3.05, 3.63) is 0 Å². The average Bonchev–Trinajstić information content (AvgIpc) is 2.34. The maximum absolute atomic E-state index is 12.5. The van der Waals surface area contributed by atoms with Gasteiger partial charge in [0.05, 0.1) is 12.0 Å². The average molecular weight is 262 g/mol. The Hall–Kier alpha value is -1.25. The molecule has 102 valence electrons. The summed E-state index contributed by atoms with van der Waals surface area (Å²) in [6.07, 6.45) is -3.57. The number of nitrogens with zero attached hydrogens (tertiary/aromatic N) is 2. The summed E-state index contributed by atoms with van der Waals surface area (Å²) in [7, 11) is 0. The van der Waals surface area contributed by atoms with Crippen molar-refractivity contribution in [2.45, 2.75) is 38.8 Å². The van der Waals surface area contributed by atoms with E-state index in [0.717, 1.165) is 0 Å². The maximum atomic E-state index is 12.5. The van der Waals surface area contributed by atoms with E-state index in [9.17, 15) is 18.0 Å². The first-order valence-corrected chi connectivity index (χ1v) is 6.12. The Kier molecular flexibility index (Phi) is 5.00. The van der Waals surface area contributed by atoms with Gasteiger partial charge in [0.2, 0.25) is 5.91 Å². The predicted molar refractivity (Wildman–Crippen MR) is 59.4 cm³/mol. The zero-order valence-electron chi connectivity index (χ0n) is 10.3. The lowest BCUT2D eigenvalue weighted by molar-refractivity contribution is -0.185. The topological polar surface area (TPSA) is 44.1 Å². The van der Waals surface area contributed by atoms with E-state index in [1.165, 1.54) is 4.90 Å². The molecular formula is C12H17F3N2O. The van der Waals surface area contributed by atoms with Gasteiger partial charge in [0.25, 0.3) is 0 Å². The molecular weight excluding hydrogens is 245 g/mol. The van der Waals surface area contributed by atoms with Gasteiger partial charge in [-0.3, -0.25) is 4.79 Å². The van der Waals surface area contributed by atoms with Crippen molar-refractivity contribution in [1.82, 2.24) is 4.90 Å². The van der Waals surface area contributed by atoms with Gasteiger partial charge in [0.1, 0.15) is 6.54 Å². The second-order valence-electron chi connectivity index (χ2n) is 4.60. The van der Waals surface area contributed by atoms with E-state index in [4.69, 9.17) is 5.26 Å². The zero-order chi connectivity index (χ0) is 13.8. The second-order valence-corrected chi connectivity index (χ2v) is 4.60. The van der Waals surface area contributed by atoms with Crippen molar-refractivity contribution in [3.8, 4) is 6.07 Å². The van der Waals surface area contributed by atoms with Crippen LogP contribution in [-0.2, 0) is 4.79 Å². The van der Waals surface area contributed by atoms with Crippen LogP contribution >= 0.6 is 0 Å². The van der Waals surface area contributed by atoms with Crippen LogP contribution in [-0.4, -0.2) is 30.1 Å². The van der Waals surface area contributed by atoms with Gasteiger partial charge in [0.15, 0.2) is 0 Å². The Bertz CT molecular complexity index is 327. The van der Waals surface area contributed by atoms with E-state index in [1.54, 1.807) is 6.92 Å². The molecule has 18 heavy (non-hydrogen) atoms. The van der Waals surface area contributed by atoms with Gasteiger partial charge < -0.3 is 4.90 Å². The Morgan fingerprint density at radius 1 is 1.33 bits per heavy atom. The van der Waals surface area contributed by atoms with Crippen molar-refractivity contribution in [2.24, 2.45) is 11.8 Å². The monoisotopic (exact) mass is 262 g/mol. The SMILES string of the molecule is CCN(CC#N)C(=O)C1CCC(C(F)(F)F)CC1. The summed E-state index contributed by atoms with van der Waals surface area (Å²) in [4.78, 5) is 13.4. The Morgan fingerprint density at radius 3 is 2.28 bits per heavy atom. The molecule has 0 aromatic carbocycles. The van der Waals surface area contributed by atoms with Crippen molar-refractivity contribution in [2.75, 3.05) is 13.1 Å². The fourth-order valence-corrected chi connectivity index (χ4v) is 2.36. The highest BCUT2D eigenvalue weighted by atomic mass is 19.4. The molecule has 0 radical (unpaired) electrons. The van der Waals surface area contributed by atoms with Crippen LogP contribution in [0, 0.1) is 23.2 Å².